The van der Waals surface area contributed by atoms with Gasteiger partial charge < -0.3 is 14.7 Å². The summed E-state index contributed by atoms with van der Waals surface area (Å²) in [6.07, 6.45) is 3.08. The number of piperidine rings is 1. The van der Waals surface area contributed by atoms with Crippen LogP contribution < -0.4 is 0 Å². The molecular weight excluding hydrogens is 194 g/mol. The first-order valence-corrected chi connectivity index (χ1v) is 5.69. The minimum Gasteiger partial charge on any atom is -0.466 e. The van der Waals surface area contributed by atoms with Crippen LogP contribution >= 0.6 is 0 Å². The van der Waals surface area contributed by atoms with E-state index in [9.17, 15) is 4.79 Å². The Kier molecular flexibility index (Phi) is 5.65. The van der Waals surface area contributed by atoms with Crippen LogP contribution in [0, 0.1) is 5.92 Å². The number of aliphatic hydroxyl groups excluding tert-OH is 1. The summed E-state index contributed by atoms with van der Waals surface area (Å²) in [6.45, 7) is 5.39. The summed E-state index contributed by atoms with van der Waals surface area (Å²) in [5.41, 5.74) is 0. The topological polar surface area (TPSA) is 49.8 Å². The highest BCUT2D eigenvalue weighted by Gasteiger charge is 2.17. The zero-order chi connectivity index (χ0) is 11.1. The van der Waals surface area contributed by atoms with Gasteiger partial charge in [-0.05, 0) is 38.3 Å². The molecule has 1 aliphatic heterocycles. The second-order valence-electron chi connectivity index (χ2n) is 4.16. The van der Waals surface area contributed by atoms with Crippen molar-refractivity contribution in [2.24, 2.45) is 5.92 Å². The lowest BCUT2D eigenvalue weighted by atomic mass is 9.98. The Balaban J connectivity index is 2.01. The lowest BCUT2D eigenvalue weighted by Gasteiger charge is -2.30. The van der Waals surface area contributed by atoms with Gasteiger partial charge in [-0.25, -0.2) is 0 Å². The number of hydrogen-bond acceptors (Lipinski definition) is 4. The maximum Gasteiger partial charge on any atom is 0.302 e. The van der Waals surface area contributed by atoms with Crippen LogP contribution in [-0.2, 0) is 9.53 Å². The van der Waals surface area contributed by atoms with Gasteiger partial charge in [0.05, 0.1) is 6.61 Å². The Labute approximate surface area is 91.2 Å². The molecule has 15 heavy (non-hydrogen) atoms. The summed E-state index contributed by atoms with van der Waals surface area (Å²) in [5.74, 6) is 0.295. The number of nitrogens with zero attached hydrogens (tertiary/aromatic N) is 1. The molecule has 0 radical (unpaired) electrons. The summed E-state index contributed by atoms with van der Waals surface area (Å²) in [4.78, 5) is 12.9. The second-order valence-corrected chi connectivity index (χ2v) is 4.16. The molecule has 0 aromatic heterocycles. The molecule has 0 aromatic carbocycles. The summed E-state index contributed by atoms with van der Waals surface area (Å²) in [5, 5.41) is 8.98. The largest absolute Gasteiger partial charge is 0.466 e. The van der Waals surface area contributed by atoms with Crippen molar-refractivity contribution in [1.29, 1.82) is 0 Å². The molecule has 1 aliphatic rings. The highest BCUT2D eigenvalue weighted by molar-refractivity contribution is 5.65. The zero-order valence-electron chi connectivity index (χ0n) is 9.45. The maximum absolute atomic E-state index is 10.5. The van der Waals surface area contributed by atoms with Gasteiger partial charge in [-0.15, -0.1) is 0 Å². The van der Waals surface area contributed by atoms with Crippen LogP contribution in [0.4, 0.5) is 0 Å². The summed E-state index contributed by atoms with van der Waals surface area (Å²) in [7, 11) is 0. The van der Waals surface area contributed by atoms with Gasteiger partial charge in [0.25, 0.3) is 0 Å². The summed E-state index contributed by atoms with van der Waals surface area (Å²) >= 11 is 0. The minimum absolute atomic E-state index is 0.200. The first kappa shape index (κ1) is 12.5. The fourth-order valence-corrected chi connectivity index (χ4v) is 1.90. The van der Waals surface area contributed by atoms with Crippen LogP contribution in [0.5, 0.6) is 0 Å². The molecule has 0 spiro atoms. The van der Waals surface area contributed by atoms with Gasteiger partial charge >= 0.3 is 5.97 Å². The Hall–Kier alpha value is -0.610. The first-order chi connectivity index (χ1) is 7.22. The number of aliphatic hydroxyl groups is 1. The van der Waals surface area contributed by atoms with Crippen molar-refractivity contribution < 1.29 is 14.6 Å². The van der Waals surface area contributed by atoms with E-state index in [1.807, 2.05) is 0 Å². The van der Waals surface area contributed by atoms with Gasteiger partial charge in [0.15, 0.2) is 0 Å². The maximum atomic E-state index is 10.5. The second kappa shape index (κ2) is 6.80. The molecule has 1 saturated heterocycles. The van der Waals surface area contributed by atoms with Gasteiger partial charge in [0, 0.05) is 20.1 Å². The van der Waals surface area contributed by atoms with E-state index in [1.54, 1.807) is 0 Å². The molecule has 0 atom stereocenters. The molecule has 0 aromatic rings. The highest BCUT2D eigenvalue weighted by atomic mass is 16.5. The van der Waals surface area contributed by atoms with Crippen molar-refractivity contribution in [1.82, 2.24) is 4.90 Å². The molecule has 88 valence electrons. The van der Waals surface area contributed by atoms with Crippen LogP contribution in [0.25, 0.3) is 0 Å². The van der Waals surface area contributed by atoms with Gasteiger partial charge in [0.2, 0.25) is 0 Å². The fraction of sp³-hybridized carbons (Fsp3) is 0.909. The quantitative estimate of drug-likeness (QED) is 0.540. The van der Waals surface area contributed by atoms with Crippen molar-refractivity contribution in [3.8, 4) is 0 Å². The first-order valence-electron chi connectivity index (χ1n) is 5.69. The van der Waals surface area contributed by atoms with E-state index < -0.39 is 0 Å². The van der Waals surface area contributed by atoms with Gasteiger partial charge in [-0.1, -0.05) is 0 Å². The van der Waals surface area contributed by atoms with Crippen molar-refractivity contribution in [2.45, 2.75) is 26.2 Å². The third kappa shape index (κ3) is 5.14. The number of rotatable bonds is 5. The third-order valence-corrected chi connectivity index (χ3v) is 2.89. The van der Waals surface area contributed by atoms with Gasteiger partial charge in [-0.3, -0.25) is 4.79 Å². The third-order valence-electron chi connectivity index (χ3n) is 2.89. The standard InChI is InChI=1S/C11H21NO3/c1-10(14)15-8-2-5-12-6-3-11(9-13)4-7-12/h11,13H,2-9H2,1H3. The van der Waals surface area contributed by atoms with E-state index in [1.165, 1.54) is 6.92 Å². The van der Waals surface area contributed by atoms with Crippen molar-refractivity contribution in [3.05, 3.63) is 0 Å². The normalized spacial score (nSPS) is 19.1. The minimum atomic E-state index is -0.200. The molecule has 0 unspecified atom stereocenters. The number of likely N-dealkylation sites (tertiary alicyclic amines) is 1. The molecule has 1 rings (SSSR count). The smallest absolute Gasteiger partial charge is 0.302 e. The number of carbonyl (C=O) groups excluding carboxylic acids is 1. The van der Waals surface area contributed by atoms with E-state index in [4.69, 9.17) is 9.84 Å². The van der Waals surface area contributed by atoms with Crippen molar-refractivity contribution >= 4 is 5.97 Å². The SMILES string of the molecule is CC(=O)OCCCN1CCC(CO)CC1. The van der Waals surface area contributed by atoms with Crippen molar-refractivity contribution in [3.63, 3.8) is 0 Å². The predicted molar refractivity (Wildman–Crippen MR) is 57.5 cm³/mol. The van der Waals surface area contributed by atoms with Crippen LogP contribution in [0.2, 0.25) is 0 Å². The van der Waals surface area contributed by atoms with E-state index >= 15 is 0 Å². The van der Waals surface area contributed by atoms with E-state index in [0.29, 0.717) is 19.1 Å². The molecule has 0 saturated carbocycles. The molecule has 1 N–H and O–H groups in total. The number of hydrogen-bond donors (Lipinski definition) is 1. The van der Waals surface area contributed by atoms with E-state index in [-0.39, 0.29) is 5.97 Å². The lowest BCUT2D eigenvalue weighted by Crippen LogP contribution is -2.35. The average Bonchev–Trinajstić information content (AvgIpc) is 2.25. The molecule has 0 aliphatic carbocycles. The summed E-state index contributed by atoms with van der Waals surface area (Å²) < 4.78 is 4.87. The zero-order valence-corrected chi connectivity index (χ0v) is 9.45. The van der Waals surface area contributed by atoms with E-state index in [0.717, 1.165) is 38.9 Å². The number of ether oxygens (including phenoxy) is 1. The Morgan fingerprint density at radius 2 is 2.13 bits per heavy atom. The molecule has 4 heteroatoms. The van der Waals surface area contributed by atoms with Crippen LogP contribution in [-0.4, -0.2) is 48.8 Å². The Bertz CT molecular complexity index is 188. The molecule has 1 heterocycles. The molecular formula is C11H21NO3. The molecule has 1 fully saturated rings. The number of esters is 1. The van der Waals surface area contributed by atoms with Gasteiger partial charge in [-0.2, -0.15) is 0 Å². The lowest BCUT2D eigenvalue weighted by molar-refractivity contribution is -0.141. The van der Waals surface area contributed by atoms with Crippen LogP contribution in [0.1, 0.15) is 26.2 Å². The van der Waals surface area contributed by atoms with Crippen LogP contribution in [0.15, 0.2) is 0 Å². The Morgan fingerprint density at radius 1 is 1.47 bits per heavy atom. The molecule has 4 nitrogen and oxygen atoms in total. The van der Waals surface area contributed by atoms with E-state index in [2.05, 4.69) is 4.90 Å². The highest BCUT2D eigenvalue weighted by Crippen LogP contribution is 2.16. The monoisotopic (exact) mass is 215 g/mol. The molecule has 0 amide bonds. The van der Waals surface area contributed by atoms with Crippen molar-refractivity contribution in [2.75, 3.05) is 32.8 Å². The summed E-state index contributed by atoms with van der Waals surface area (Å²) in [6, 6.07) is 0. The molecule has 0 bridgehead atoms. The number of carbonyl (C=O) groups is 1. The van der Waals surface area contributed by atoms with Gasteiger partial charge in [0.1, 0.15) is 0 Å². The fourth-order valence-electron chi connectivity index (χ4n) is 1.90. The predicted octanol–water partition coefficient (Wildman–Crippen LogP) is 0.644. The Morgan fingerprint density at radius 3 is 2.67 bits per heavy atom. The van der Waals surface area contributed by atoms with Crippen LogP contribution in [0.3, 0.4) is 0 Å². The average molecular weight is 215 g/mol.